The molecule has 0 saturated carbocycles. The highest BCUT2D eigenvalue weighted by Crippen LogP contribution is 2.18. The van der Waals surface area contributed by atoms with Gasteiger partial charge >= 0.3 is 0 Å². The fourth-order valence-electron chi connectivity index (χ4n) is 3.53. The average molecular weight is 471 g/mol. The number of aromatic nitrogens is 6. The summed E-state index contributed by atoms with van der Waals surface area (Å²) in [6.07, 6.45) is 6.09. The number of carbonyl (C=O) groups excluding carboxylic acids is 2. The standard InChI is InChI=1S/C25H26N8O2/c1-26-25(35)22-17-33(32-30-22)14-5-3-9-20-11-12-23(31-29-20)28-24(34)16-18-7-6-8-19(15-18)21-10-2-4-13-27-21/h2,4,6-8,10-13,15,17H,3,5,9,14,16H2,1H3,(H,26,35)(H,28,31,34). The van der Waals surface area contributed by atoms with E-state index in [4.69, 9.17) is 0 Å². The molecule has 3 aromatic heterocycles. The number of rotatable bonds is 10. The molecule has 10 heteroatoms. The number of benzene rings is 1. The molecule has 0 aliphatic carbocycles. The van der Waals surface area contributed by atoms with Crippen molar-refractivity contribution in [1.29, 1.82) is 0 Å². The van der Waals surface area contributed by atoms with Crippen LogP contribution in [0.25, 0.3) is 11.3 Å². The summed E-state index contributed by atoms with van der Waals surface area (Å²) in [5.41, 5.74) is 3.87. The number of aryl methyl sites for hydroxylation is 2. The number of anilines is 1. The Bertz CT molecular complexity index is 1270. The Morgan fingerprint density at radius 1 is 0.971 bits per heavy atom. The first kappa shape index (κ1) is 23.7. The summed E-state index contributed by atoms with van der Waals surface area (Å²) >= 11 is 0. The number of nitrogens with zero attached hydrogens (tertiary/aromatic N) is 6. The van der Waals surface area contributed by atoms with Gasteiger partial charge in [0, 0.05) is 25.4 Å². The Kier molecular flexibility index (Phi) is 7.84. The zero-order chi connectivity index (χ0) is 24.5. The Balaban J connectivity index is 1.22. The smallest absolute Gasteiger partial charge is 0.273 e. The van der Waals surface area contributed by atoms with Gasteiger partial charge in [0.05, 0.1) is 24.0 Å². The van der Waals surface area contributed by atoms with Crippen LogP contribution in [0.15, 0.2) is 67.0 Å². The first-order chi connectivity index (χ1) is 17.1. The lowest BCUT2D eigenvalue weighted by Crippen LogP contribution is -2.18. The van der Waals surface area contributed by atoms with Crippen LogP contribution in [0.1, 0.15) is 34.6 Å². The highest BCUT2D eigenvalue weighted by molar-refractivity contribution is 5.92. The third-order valence-electron chi connectivity index (χ3n) is 5.31. The molecule has 0 spiro atoms. The summed E-state index contributed by atoms with van der Waals surface area (Å²) in [5, 5.41) is 21.5. The maximum absolute atomic E-state index is 12.5. The van der Waals surface area contributed by atoms with E-state index >= 15 is 0 Å². The van der Waals surface area contributed by atoms with E-state index in [0.717, 1.165) is 41.8 Å². The van der Waals surface area contributed by atoms with Crippen LogP contribution in [0.3, 0.4) is 0 Å². The molecule has 2 amide bonds. The zero-order valence-electron chi connectivity index (χ0n) is 19.4. The van der Waals surface area contributed by atoms with Gasteiger partial charge in [-0.25, -0.2) is 0 Å². The number of hydrogen-bond acceptors (Lipinski definition) is 7. The minimum absolute atomic E-state index is 0.158. The van der Waals surface area contributed by atoms with Crippen molar-refractivity contribution < 1.29 is 9.59 Å². The lowest BCUT2D eigenvalue weighted by atomic mass is 10.1. The molecular weight excluding hydrogens is 444 g/mol. The van der Waals surface area contributed by atoms with Gasteiger partial charge in [-0.2, -0.15) is 5.10 Å². The second-order valence-corrected chi connectivity index (χ2v) is 7.95. The third-order valence-corrected chi connectivity index (χ3v) is 5.31. The fourth-order valence-corrected chi connectivity index (χ4v) is 3.53. The van der Waals surface area contributed by atoms with Gasteiger partial charge in [-0.15, -0.1) is 10.2 Å². The molecule has 178 valence electrons. The lowest BCUT2D eigenvalue weighted by Gasteiger charge is -2.07. The SMILES string of the molecule is CNC(=O)c1cn(CCCCc2ccc(NC(=O)Cc3cccc(-c4ccccn4)c3)nn2)nn1. The molecule has 4 rings (SSSR count). The average Bonchev–Trinajstić information content (AvgIpc) is 3.37. The highest BCUT2D eigenvalue weighted by Gasteiger charge is 2.09. The summed E-state index contributed by atoms with van der Waals surface area (Å²) in [6, 6.07) is 17.2. The topological polar surface area (TPSA) is 128 Å². The van der Waals surface area contributed by atoms with Crippen molar-refractivity contribution in [2.75, 3.05) is 12.4 Å². The van der Waals surface area contributed by atoms with Crippen molar-refractivity contribution in [3.8, 4) is 11.3 Å². The van der Waals surface area contributed by atoms with Crippen molar-refractivity contribution in [3.05, 3.63) is 83.9 Å². The predicted molar refractivity (Wildman–Crippen MR) is 130 cm³/mol. The third kappa shape index (κ3) is 6.76. The molecule has 0 unspecified atom stereocenters. The normalized spacial score (nSPS) is 10.7. The van der Waals surface area contributed by atoms with E-state index in [1.54, 1.807) is 30.2 Å². The first-order valence-corrected chi connectivity index (χ1v) is 11.4. The van der Waals surface area contributed by atoms with Crippen LogP contribution in [-0.2, 0) is 24.2 Å². The quantitative estimate of drug-likeness (QED) is 0.341. The molecule has 4 aromatic rings. The van der Waals surface area contributed by atoms with Crippen LogP contribution in [0.2, 0.25) is 0 Å². The zero-order valence-corrected chi connectivity index (χ0v) is 19.4. The van der Waals surface area contributed by atoms with Crippen molar-refractivity contribution >= 4 is 17.6 Å². The molecule has 0 aliphatic rings. The van der Waals surface area contributed by atoms with E-state index < -0.39 is 0 Å². The molecule has 10 nitrogen and oxygen atoms in total. The number of nitrogens with one attached hydrogen (secondary N) is 2. The van der Waals surface area contributed by atoms with Gasteiger partial charge < -0.3 is 10.6 Å². The van der Waals surface area contributed by atoms with E-state index in [9.17, 15) is 9.59 Å². The van der Waals surface area contributed by atoms with Crippen molar-refractivity contribution in [1.82, 2.24) is 35.5 Å². The molecule has 0 radical (unpaired) electrons. The molecule has 1 aromatic carbocycles. The lowest BCUT2D eigenvalue weighted by molar-refractivity contribution is -0.115. The number of unbranched alkanes of at least 4 members (excludes halogenated alkanes) is 1. The molecule has 0 aliphatic heterocycles. The largest absolute Gasteiger partial charge is 0.354 e. The maximum Gasteiger partial charge on any atom is 0.273 e. The monoisotopic (exact) mass is 470 g/mol. The van der Waals surface area contributed by atoms with Gasteiger partial charge in [-0.05, 0) is 55.2 Å². The minimum Gasteiger partial charge on any atom is -0.354 e. The summed E-state index contributed by atoms with van der Waals surface area (Å²) in [5.74, 6) is 0.00913. The van der Waals surface area contributed by atoms with Crippen LogP contribution < -0.4 is 10.6 Å². The summed E-state index contributed by atoms with van der Waals surface area (Å²) in [6.45, 7) is 0.660. The molecule has 0 bridgehead atoms. The second kappa shape index (κ2) is 11.6. The maximum atomic E-state index is 12.5. The van der Waals surface area contributed by atoms with Gasteiger partial charge in [0.25, 0.3) is 5.91 Å². The predicted octanol–water partition coefficient (Wildman–Crippen LogP) is 2.69. The molecule has 0 saturated heterocycles. The van der Waals surface area contributed by atoms with Crippen LogP contribution in [0.5, 0.6) is 0 Å². The van der Waals surface area contributed by atoms with Gasteiger partial charge in [-0.1, -0.05) is 29.5 Å². The van der Waals surface area contributed by atoms with Crippen LogP contribution >= 0.6 is 0 Å². The van der Waals surface area contributed by atoms with E-state index in [0.29, 0.717) is 18.1 Å². The Hall–Kier alpha value is -4.47. The van der Waals surface area contributed by atoms with Gasteiger partial charge in [-0.3, -0.25) is 19.3 Å². The first-order valence-electron chi connectivity index (χ1n) is 11.4. The van der Waals surface area contributed by atoms with E-state index in [-0.39, 0.29) is 18.2 Å². The van der Waals surface area contributed by atoms with Crippen LogP contribution in [-0.4, -0.2) is 49.0 Å². The second-order valence-electron chi connectivity index (χ2n) is 7.95. The minimum atomic E-state index is -0.253. The number of hydrogen-bond donors (Lipinski definition) is 2. The van der Waals surface area contributed by atoms with Crippen molar-refractivity contribution in [3.63, 3.8) is 0 Å². The van der Waals surface area contributed by atoms with Gasteiger partial charge in [0.2, 0.25) is 5.91 Å². The molecule has 3 heterocycles. The molecule has 35 heavy (non-hydrogen) atoms. The summed E-state index contributed by atoms with van der Waals surface area (Å²) in [4.78, 5) is 28.4. The molecule has 0 fully saturated rings. The number of pyridine rings is 1. The summed E-state index contributed by atoms with van der Waals surface area (Å²) < 4.78 is 1.65. The Labute approximate surface area is 202 Å². The van der Waals surface area contributed by atoms with E-state index in [1.807, 2.05) is 48.5 Å². The Morgan fingerprint density at radius 2 is 1.89 bits per heavy atom. The van der Waals surface area contributed by atoms with Gasteiger partial charge in [0.15, 0.2) is 11.5 Å². The Morgan fingerprint density at radius 3 is 2.66 bits per heavy atom. The van der Waals surface area contributed by atoms with Crippen LogP contribution in [0.4, 0.5) is 5.82 Å². The van der Waals surface area contributed by atoms with Gasteiger partial charge in [0.1, 0.15) is 0 Å². The summed E-state index contributed by atoms with van der Waals surface area (Å²) in [7, 11) is 1.56. The number of carbonyl (C=O) groups is 2. The van der Waals surface area contributed by atoms with Crippen LogP contribution in [0, 0.1) is 0 Å². The molecule has 0 atom stereocenters. The van der Waals surface area contributed by atoms with Crippen molar-refractivity contribution in [2.24, 2.45) is 0 Å². The van der Waals surface area contributed by atoms with E-state index in [1.165, 1.54) is 0 Å². The number of amides is 2. The van der Waals surface area contributed by atoms with Crippen molar-refractivity contribution in [2.45, 2.75) is 32.2 Å². The molecular formula is C25H26N8O2. The molecule has 2 N–H and O–H groups in total. The highest BCUT2D eigenvalue weighted by atomic mass is 16.2. The van der Waals surface area contributed by atoms with E-state index in [2.05, 4.69) is 36.1 Å². The fraction of sp³-hybridized carbons (Fsp3) is 0.240.